The highest BCUT2D eigenvalue weighted by Gasteiger charge is 2.61. The van der Waals surface area contributed by atoms with Crippen molar-refractivity contribution in [1.29, 1.82) is 0 Å². The normalized spacial score (nSPS) is 21.4. The van der Waals surface area contributed by atoms with Gasteiger partial charge in [-0.25, -0.2) is 9.96 Å². The minimum absolute atomic E-state index is 0.380. The smallest absolute Gasteiger partial charge is 0.266 e. The van der Waals surface area contributed by atoms with E-state index in [2.05, 4.69) is 0 Å². The van der Waals surface area contributed by atoms with Crippen LogP contribution in [-0.2, 0) is 14.4 Å². The molecule has 1 aromatic heterocycles. The standard InChI is InChI=1S/C27H17Cl3N2O4/c28-15-6-9-17(10-7-15)31-26(33)23-24(32(36-25(23)27(31)34)18-4-2-1-3-5-18)22-13-12-21(35-22)19-14-16(29)8-11-20(19)30/h1-14,23-25H/t23-,24-,25+/m0/s1. The van der Waals surface area contributed by atoms with Crippen molar-refractivity contribution < 1.29 is 18.8 Å². The van der Waals surface area contributed by atoms with E-state index in [0.29, 0.717) is 43.5 Å². The molecule has 4 aromatic rings. The molecule has 2 saturated heterocycles. The zero-order valence-electron chi connectivity index (χ0n) is 18.5. The number of hydrogen-bond acceptors (Lipinski definition) is 5. The molecule has 2 fully saturated rings. The molecule has 0 spiro atoms. The van der Waals surface area contributed by atoms with Gasteiger partial charge in [0, 0.05) is 15.6 Å². The predicted molar refractivity (Wildman–Crippen MR) is 138 cm³/mol. The summed E-state index contributed by atoms with van der Waals surface area (Å²) >= 11 is 18.6. The van der Waals surface area contributed by atoms with E-state index in [0.717, 1.165) is 4.90 Å². The molecule has 180 valence electrons. The van der Waals surface area contributed by atoms with E-state index in [9.17, 15) is 9.59 Å². The Balaban J connectivity index is 1.43. The number of halogens is 3. The van der Waals surface area contributed by atoms with Gasteiger partial charge in [-0.15, -0.1) is 0 Å². The van der Waals surface area contributed by atoms with Gasteiger partial charge in [-0.2, -0.15) is 0 Å². The summed E-state index contributed by atoms with van der Waals surface area (Å²) < 4.78 is 6.23. The van der Waals surface area contributed by atoms with Crippen LogP contribution in [0, 0.1) is 5.92 Å². The Morgan fingerprint density at radius 1 is 0.722 bits per heavy atom. The van der Waals surface area contributed by atoms with Crippen LogP contribution in [0.1, 0.15) is 11.8 Å². The maximum atomic E-state index is 13.7. The zero-order valence-corrected chi connectivity index (χ0v) is 20.7. The van der Waals surface area contributed by atoms with Gasteiger partial charge in [0.1, 0.15) is 23.5 Å². The van der Waals surface area contributed by atoms with Gasteiger partial charge in [0.25, 0.3) is 5.91 Å². The fourth-order valence-corrected chi connectivity index (χ4v) is 5.20. The molecule has 9 heteroatoms. The number of imide groups is 1. The summed E-state index contributed by atoms with van der Waals surface area (Å²) in [4.78, 5) is 34.4. The Morgan fingerprint density at radius 3 is 2.19 bits per heavy atom. The van der Waals surface area contributed by atoms with E-state index in [1.54, 1.807) is 59.7 Å². The summed E-state index contributed by atoms with van der Waals surface area (Å²) in [5, 5.41) is 3.07. The quantitative estimate of drug-likeness (QED) is 0.262. The third kappa shape index (κ3) is 3.78. The van der Waals surface area contributed by atoms with E-state index >= 15 is 0 Å². The molecule has 0 unspecified atom stereocenters. The minimum atomic E-state index is -1.01. The number of para-hydroxylation sites is 1. The second-order valence-electron chi connectivity index (χ2n) is 8.47. The van der Waals surface area contributed by atoms with Crippen molar-refractivity contribution in [2.75, 3.05) is 9.96 Å². The average Bonchev–Trinajstić information content (AvgIpc) is 3.57. The van der Waals surface area contributed by atoms with E-state index in [1.807, 2.05) is 30.3 Å². The number of amides is 2. The molecule has 0 saturated carbocycles. The van der Waals surface area contributed by atoms with Gasteiger partial charge >= 0.3 is 0 Å². The Hall–Kier alpha value is -3.29. The number of benzene rings is 3. The summed E-state index contributed by atoms with van der Waals surface area (Å²) in [6, 6.07) is 23.7. The van der Waals surface area contributed by atoms with Gasteiger partial charge in [0.05, 0.1) is 16.4 Å². The zero-order chi connectivity index (χ0) is 25.0. The number of nitrogens with zero attached hydrogens (tertiary/aromatic N) is 2. The van der Waals surface area contributed by atoms with Crippen molar-refractivity contribution in [2.24, 2.45) is 5.92 Å². The fourth-order valence-electron chi connectivity index (χ4n) is 4.69. The number of hydroxylamine groups is 1. The average molecular weight is 540 g/mol. The molecule has 3 heterocycles. The summed E-state index contributed by atoms with van der Waals surface area (Å²) in [5.41, 5.74) is 1.74. The molecule has 36 heavy (non-hydrogen) atoms. The van der Waals surface area contributed by atoms with Gasteiger partial charge in [-0.1, -0.05) is 53.0 Å². The first-order valence-corrected chi connectivity index (χ1v) is 12.3. The first kappa shape index (κ1) is 23.1. The number of anilines is 2. The maximum absolute atomic E-state index is 13.7. The molecule has 2 aliphatic heterocycles. The lowest BCUT2D eigenvalue weighted by atomic mass is 9.94. The number of furan rings is 1. The summed E-state index contributed by atoms with van der Waals surface area (Å²) in [6.07, 6.45) is -1.01. The van der Waals surface area contributed by atoms with Crippen molar-refractivity contribution in [2.45, 2.75) is 12.1 Å². The molecule has 2 aliphatic rings. The van der Waals surface area contributed by atoms with Gasteiger partial charge in [0.15, 0.2) is 6.10 Å². The van der Waals surface area contributed by atoms with E-state index in [4.69, 9.17) is 44.1 Å². The third-order valence-electron chi connectivity index (χ3n) is 6.32. The summed E-state index contributed by atoms with van der Waals surface area (Å²) in [7, 11) is 0. The van der Waals surface area contributed by atoms with Crippen molar-refractivity contribution >= 4 is 58.0 Å². The Kier molecular flexibility index (Phi) is 5.77. The molecule has 0 aliphatic carbocycles. The number of carbonyl (C=O) groups excluding carboxylic acids is 2. The molecule has 2 amide bonds. The van der Waals surface area contributed by atoms with Crippen LogP contribution in [0.3, 0.4) is 0 Å². The molecule has 3 atom stereocenters. The third-order valence-corrected chi connectivity index (χ3v) is 7.14. The Bertz CT molecular complexity index is 1470. The van der Waals surface area contributed by atoms with Crippen LogP contribution in [0.25, 0.3) is 11.3 Å². The molecule has 0 bridgehead atoms. The molecule has 3 aromatic carbocycles. The van der Waals surface area contributed by atoms with Crippen molar-refractivity contribution in [1.82, 2.24) is 0 Å². The topological polar surface area (TPSA) is 63.0 Å². The first-order valence-electron chi connectivity index (χ1n) is 11.1. The van der Waals surface area contributed by atoms with Gasteiger partial charge < -0.3 is 4.42 Å². The largest absolute Gasteiger partial charge is 0.459 e. The van der Waals surface area contributed by atoms with Crippen LogP contribution >= 0.6 is 34.8 Å². The number of fused-ring (bicyclic) bond motifs is 1. The highest BCUT2D eigenvalue weighted by molar-refractivity contribution is 6.35. The van der Waals surface area contributed by atoms with Crippen LogP contribution in [0.2, 0.25) is 15.1 Å². The van der Waals surface area contributed by atoms with Gasteiger partial charge in [-0.05, 0) is 66.7 Å². The maximum Gasteiger partial charge on any atom is 0.266 e. The SMILES string of the molecule is O=C1[C@@H]2[C@@H](ON(c3ccccc3)[C@H]2c2ccc(-c3cc(Cl)ccc3Cl)o2)C(=O)N1c1ccc(Cl)cc1. The van der Waals surface area contributed by atoms with E-state index in [1.165, 1.54) is 0 Å². The molecular weight excluding hydrogens is 523 g/mol. The van der Waals surface area contributed by atoms with Crippen molar-refractivity contribution in [3.8, 4) is 11.3 Å². The van der Waals surface area contributed by atoms with E-state index < -0.39 is 24.0 Å². The lowest BCUT2D eigenvalue weighted by Gasteiger charge is -2.27. The summed E-state index contributed by atoms with van der Waals surface area (Å²) in [6.45, 7) is 0. The van der Waals surface area contributed by atoms with Crippen LogP contribution in [0.15, 0.2) is 89.3 Å². The lowest BCUT2D eigenvalue weighted by molar-refractivity contribution is -0.126. The lowest BCUT2D eigenvalue weighted by Crippen LogP contribution is -2.37. The monoisotopic (exact) mass is 538 g/mol. The molecular formula is C27H17Cl3N2O4. The molecule has 0 radical (unpaired) electrons. The van der Waals surface area contributed by atoms with Crippen LogP contribution < -0.4 is 9.96 Å². The Morgan fingerprint density at radius 2 is 1.44 bits per heavy atom. The second-order valence-corrected chi connectivity index (χ2v) is 9.75. The summed E-state index contributed by atoms with van der Waals surface area (Å²) in [5.74, 6) is -0.714. The van der Waals surface area contributed by atoms with Crippen LogP contribution in [0.4, 0.5) is 11.4 Å². The fraction of sp³-hybridized carbons (Fsp3) is 0.111. The molecule has 6 rings (SSSR count). The number of hydrogen-bond donors (Lipinski definition) is 0. The van der Waals surface area contributed by atoms with Crippen molar-refractivity contribution in [3.05, 3.63) is 106 Å². The number of carbonyl (C=O) groups is 2. The molecule has 0 N–H and O–H groups in total. The van der Waals surface area contributed by atoms with Gasteiger partial charge in [-0.3, -0.25) is 14.4 Å². The van der Waals surface area contributed by atoms with Crippen molar-refractivity contribution in [3.63, 3.8) is 0 Å². The predicted octanol–water partition coefficient (Wildman–Crippen LogP) is 6.96. The highest BCUT2D eigenvalue weighted by Crippen LogP contribution is 2.48. The minimum Gasteiger partial charge on any atom is -0.459 e. The molecule has 6 nitrogen and oxygen atoms in total. The number of rotatable bonds is 4. The first-order chi connectivity index (χ1) is 17.4. The van der Waals surface area contributed by atoms with Crippen LogP contribution in [-0.4, -0.2) is 17.9 Å². The second kappa shape index (κ2) is 8.98. The van der Waals surface area contributed by atoms with Gasteiger partial charge in [0.2, 0.25) is 5.91 Å². The Labute approximate surface area is 221 Å². The highest BCUT2D eigenvalue weighted by atomic mass is 35.5. The van der Waals surface area contributed by atoms with Crippen LogP contribution in [0.5, 0.6) is 0 Å². The van der Waals surface area contributed by atoms with E-state index in [-0.39, 0.29) is 5.91 Å².